The number of pyridine rings is 1. The summed E-state index contributed by atoms with van der Waals surface area (Å²) in [5, 5.41) is 3.02. The zero-order chi connectivity index (χ0) is 14.1. The highest BCUT2D eigenvalue weighted by Gasteiger charge is 2.39. The number of aryl methyl sites for hydroxylation is 1. The van der Waals surface area contributed by atoms with E-state index in [1.54, 1.807) is 12.3 Å². The van der Waals surface area contributed by atoms with E-state index < -0.39 is 0 Å². The molecule has 4 nitrogen and oxygen atoms in total. The van der Waals surface area contributed by atoms with E-state index in [9.17, 15) is 4.79 Å². The molecule has 20 heavy (non-hydrogen) atoms. The summed E-state index contributed by atoms with van der Waals surface area (Å²) in [5.41, 5.74) is 8.88. The molecule has 1 amide bonds. The van der Waals surface area contributed by atoms with E-state index >= 15 is 0 Å². The Bertz CT molecular complexity index is 639. The molecule has 102 valence electrons. The van der Waals surface area contributed by atoms with Crippen molar-refractivity contribution < 1.29 is 4.79 Å². The Morgan fingerprint density at radius 2 is 2.10 bits per heavy atom. The zero-order valence-corrected chi connectivity index (χ0v) is 11.3. The standard InChI is InChI=1S/C16H17N3O/c1-10-7-14(17)13(9-18-10)16(20)19-15-8-12(15)11-5-3-2-4-6-11/h2-7,9,12,15H,8H2,1H3,(H2,17,18)(H,19,20). The second-order valence-corrected chi connectivity index (χ2v) is 5.25. The van der Waals surface area contributed by atoms with Gasteiger partial charge >= 0.3 is 0 Å². The molecule has 1 aliphatic rings. The molecule has 0 saturated heterocycles. The number of hydrogen-bond donors (Lipinski definition) is 2. The molecule has 1 fully saturated rings. The van der Waals surface area contributed by atoms with Gasteiger partial charge < -0.3 is 11.1 Å². The molecule has 0 bridgehead atoms. The van der Waals surface area contributed by atoms with Crippen molar-refractivity contribution in [2.45, 2.75) is 25.3 Å². The number of carbonyl (C=O) groups excluding carboxylic acids is 1. The van der Waals surface area contributed by atoms with Gasteiger partial charge in [-0.05, 0) is 25.0 Å². The molecular weight excluding hydrogens is 250 g/mol. The Morgan fingerprint density at radius 1 is 1.35 bits per heavy atom. The van der Waals surface area contributed by atoms with E-state index in [1.807, 2.05) is 25.1 Å². The molecule has 2 unspecified atom stereocenters. The van der Waals surface area contributed by atoms with E-state index in [2.05, 4.69) is 22.4 Å². The van der Waals surface area contributed by atoms with Gasteiger partial charge in [0, 0.05) is 29.5 Å². The number of aromatic nitrogens is 1. The predicted octanol–water partition coefficient (Wildman–Crippen LogP) is 2.26. The molecule has 1 aromatic heterocycles. The summed E-state index contributed by atoms with van der Waals surface area (Å²) in [7, 11) is 0. The molecule has 2 atom stereocenters. The Hall–Kier alpha value is -2.36. The molecule has 1 aliphatic carbocycles. The van der Waals surface area contributed by atoms with Crippen molar-refractivity contribution in [1.29, 1.82) is 0 Å². The largest absolute Gasteiger partial charge is 0.398 e. The predicted molar refractivity (Wildman–Crippen MR) is 78.4 cm³/mol. The lowest BCUT2D eigenvalue weighted by Gasteiger charge is -2.07. The summed E-state index contributed by atoms with van der Waals surface area (Å²) in [6.45, 7) is 1.85. The van der Waals surface area contributed by atoms with Crippen LogP contribution in [0.2, 0.25) is 0 Å². The number of nitrogens with one attached hydrogen (secondary N) is 1. The lowest BCUT2D eigenvalue weighted by molar-refractivity contribution is 0.0951. The summed E-state index contributed by atoms with van der Waals surface area (Å²) >= 11 is 0. The molecule has 4 heteroatoms. The summed E-state index contributed by atoms with van der Waals surface area (Å²) < 4.78 is 0. The average Bonchev–Trinajstić information content (AvgIpc) is 3.18. The number of benzene rings is 1. The number of nitrogens with two attached hydrogens (primary N) is 1. The fourth-order valence-corrected chi connectivity index (χ4v) is 2.44. The molecule has 3 rings (SSSR count). The van der Waals surface area contributed by atoms with Gasteiger partial charge in [0.05, 0.1) is 5.56 Å². The highest BCUT2D eigenvalue weighted by Crippen LogP contribution is 2.40. The van der Waals surface area contributed by atoms with Crippen LogP contribution in [0.5, 0.6) is 0 Å². The van der Waals surface area contributed by atoms with Crippen LogP contribution in [-0.4, -0.2) is 16.9 Å². The van der Waals surface area contributed by atoms with E-state index in [1.165, 1.54) is 5.56 Å². The smallest absolute Gasteiger partial charge is 0.255 e. The number of rotatable bonds is 3. The number of amides is 1. The van der Waals surface area contributed by atoms with Crippen LogP contribution in [0.1, 0.15) is 34.0 Å². The molecule has 0 spiro atoms. The van der Waals surface area contributed by atoms with E-state index in [4.69, 9.17) is 5.73 Å². The first-order valence-corrected chi connectivity index (χ1v) is 6.73. The minimum atomic E-state index is -0.140. The first-order chi connectivity index (χ1) is 9.65. The average molecular weight is 267 g/mol. The number of hydrogen-bond acceptors (Lipinski definition) is 3. The van der Waals surface area contributed by atoms with Gasteiger partial charge in [0.1, 0.15) is 0 Å². The molecule has 0 radical (unpaired) electrons. The van der Waals surface area contributed by atoms with Gasteiger partial charge in [0.25, 0.3) is 5.91 Å². The van der Waals surface area contributed by atoms with Crippen LogP contribution in [0.25, 0.3) is 0 Å². The lowest BCUT2D eigenvalue weighted by atomic mass is 10.1. The number of nitrogens with zero attached hydrogens (tertiary/aromatic N) is 1. The number of nitrogen functional groups attached to an aromatic ring is 1. The van der Waals surface area contributed by atoms with Gasteiger partial charge in [-0.3, -0.25) is 9.78 Å². The van der Waals surface area contributed by atoms with Crippen LogP contribution < -0.4 is 11.1 Å². The summed E-state index contributed by atoms with van der Waals surface area (Å²) in [6, 6.07) is 12.2. The molecular formula is C16H17N3O. The van der Waals surface area contributed by atoms with Gasteiger partial charge in [0.15, 0.2) is 0 Å². The van der Waals surface area contributed by atoms with Crippen molar-refractivity contribution in [3.05, 3.63) is 59.4 Å². The maximum Gasteiger partial charge on any atom is 0.255 e. The molecule has 0 aliphatic heterocycles. The minimum Gasteiger partial charge on any atom is -0.398 e. The molecule has 1 aromatic carbocycles. The Balaban J connectivity index is 1.66. The van der Waals surface area contributed by atoms with E-state index in [-0.39, 0.29) is 11.9 Å². The van der Waals surface area contributed by atoms with Gasteiger partial charge in [-0.25, -0.2) is 0 Å². The quantitative estimate of drug-likeness (QED) is 0.896. The first-order valence-electron chi connectivity index (χ1n) is 6.73. The van der Waals surface area contributed by atoms with Crippen molar-refractivity contribution in [2.75, 3.05) is 5.73 Å². The van der Waals surface area contributed by atoms with Gasteiger partial charge in [-0.15, -0.1) is 0 Å². The summed E-state index contributed by atoms with van der Waals surface area (Å²) in [4.78, 5) is 16.3. The lowest BCUT2D eigenvalue weighted by Crippen LogP contribution is -2.27. The molecule has 1 saturated carbocycles. The van der Waals surface area contributed by atoms with Crippen LogP contribution in [0.15, 0.2) is 42.6 Å². The Morgan fingerprint density at radius 3 is 2.80 bits per heavy atom. The minimum absolute atomic E-state index is 0.140. The van der Waals surface area contributed by atoms with Crippen molar-refractivity contribution in [1.82, 2.24) is 10.3 Å². The normalized spacial score (nSPS) is 20.4. The highest BCUT2D eigenvalue weighted by molar-refractivity contribution is 5.99. The van der Waals surface area contributed by atoms with Crippen LogP contribution >= 0.6 is 0 Å². The molecule has 3 N–H and O–H groups in total. The van der Waals surface area contributed by atoms with Gasteiger partial charge in [-0.2, -0.15) is 0 Å². The number of anilines is 1. The van der Waals surface area contributed by atoms with Crippen molar-refractivity contribution in [2.24, 2.45) is 0 Å². The van der Waals surface area contributed by atoms with Gasteiger partial charge in [-0.1, -0.05) is 30.3 Å². The molecule has 2 aromatic rings. The van der Waals surface area contributed by atoms with Crippen molar-refractivity contribution in [3.63, 3.8) is 0 Å². The maximum atomic E-state index is 12.2. The zero-order valence-electron chi connectivity index (χ0n) is 11.3. The van der Waals surface area contributed by atoms with Crippen LogP contribution in [0, 0.1) is 6.92 Å². The third kappa shape index (κ3) is 2.50. The third-order valence-electron chi connectivity index (χ3n) is 3.65. The summed E-state index contributed by atoms with van der Waals surface area (Å²) in [6.07, 6.45) is 2.52. The van der Waals surface area contributed by atoms with Crippen molar-refractivity contribution in [3.8, 4) is 0 Å². The third-order valence-corrected chi connectivity index (χ3v) is 3.65. The Labute approximate surface area is 118 Å². The van der Waals surface area contributed by atoms with Crippen molar-refractivity contribution >= 4 is 11.6 Å². The maximum absolute atomic E-state index is 12.2. The summed E-state index contributed by atoms with van der Waals surface area (Å²) in [5.74, 6) is 0.276. The van der Waals surface area contributed by atoms with E-state index in [0.29, 0.717) is 17.2 Å². The van der Waals surface area contributed by atoms with Crippen LogP contribution in [0.4, 0.5) is 5.69 Å². The van der Waals surface area contributed by atoms with Crippen LogP contribution in [-0.2, 0) is 0 Å². The fourth-order valence-electron chi connectivity index (χ4n) is 2.44. The van der Waals surface area contributed by atoms with Crippen LogP contribution in [0.3, 0.4) is 0 Å². The first kappa shape index (κ1) is 12.7. The monoisotopic (exact) mass is 267 g/mol. The Kier molecular flexibility index (Phi) is 3.14. The topological polar surface area (TPSA) is 68.0 Å². The second kappa shape index (κ2) is 4.96. The fraction of sp³-hybridized carbons (Fsp3) is 0.250. The van der Waals surface area contributed by atoms with E-state index in [0.717, 1.165) is 12.1 Å². The second-order valence-electron chi connectivity index (χ2n) is 5.25. The SMILES string of the molecule is Cc1cc(N)c(C(=O)NC2CC2c2ccccc2)cn1. The highest BCUT2D eigenvalue weighted by atomic mass is 16.1. The number of carbonyl (C=O) groups is 1. The molecule has 1 heterocycles. The van der Waals surface area contributed by atoms with Gasteiger partial charge in [0.2, 0.25) is 0 Å².